The molecule has 1 atom stereocenters. The summed E-state index contributed by atoms with van der Waals surface area (Å²) in [6, 6.07) is 11.7. The molecule has 4 aromatic rings. The minimum atomic E-state index is -0.707. The van der Waals surface area contributed by atoms with Gasteiger partial charge in [0.25, 0.3) is 5.56 Å². The topological polar surface area (TPSA) is 68.0 Å². The van der Waals surface area contributed by atoms with Crippen LogP contribution in [0.1, 0.15) is 66.7 Å². The number of halogens is 3. The van der Waals surface area contributed by atoms with E-state index >= 15 is 0 Å². The van der Waals surface area contributed by atoms with E-state index < -0.39 is 29.2 Å². The molecule has 0 saturated heterocycles. The molecular formula is C31H30F3N3O2. The Hall–Kier alpha value is -3.94. The van der Waals surface area contributed by atoms with Crippen molar-refractivity contribution < 1.29 is 18.3 Å². The number of nitrogens with zero attached hydrogens (tertiary/aromatic N) is 3. The number of aryl methyl sites for hydroxylation is 1. The second-order valence-corrected chi connectivity index (χ2v) is 10.3. The van der Waals surface area contributed by atoms with E-state index in [4.69, 9.17) is 0 Å². The van der Waals surface area contributed by atoms with Crippen molar-refractivity contribution in [3.63, 3.8) is 0 Å². The molecule has 1 aliphatic carbocycles. The molecule has 2 aromatic heterocycles. The van der Waals surface area contributed by atoms with Gasteiger partial charge in [0.2, 0.25) is 11.8 Å². The standard InChI is InChI=1S/C31H30F3N3O2/c1-3-27(22-15-23(32)17-24(33)16-22)37-28(11-8-19-4-5-19)36-30(38)26(31(37)39)14-20-6-9-21(10-7-20)25-12-13-35-29(34)18(25)2/h6-7,9-10,12-13,15-17,19,27,39H,3-5,8,11,14H2,1-2H3. The smallest absolute Gasteiger partial charge is 0.280 e. The first-order valence-corrected chi connectivity index (χ1v) is 13.2. The van der Waals surface area contributed by atoms with E-state index in [2.05, 4.69) is 9.97 Å². The molecule has 202 valence electrons. The molecule has 1 saturated carbocycles. The number of benzene rings is 2. The molecule has 39 heavy (non-hydrogen) atoms. The minimum absolute atomic E-state index is 0.110. The van der Waals surface area contributed by atoms with Crippen LogP contribution in [-0.2, 0) is 12.8 Å². The van der Waals surface area contributed by atoms with Crippen LogP contribution in [0.3, 0.4) is 0 Å². The molecule has 2 aromatic carbocycles. The van der Waals surface area contributed by atoms with Crippen molar-refractivity contribution in [3.8, 4) is 17.0 Å². The zero-order valence-corrected chi connectivity index (χ0v) is 21.9. The molecule has 5 rings (SSSR count). The second kappa shape index (κ2) is 11.0. The fraction of sp³-hybridized carbons (Fsp3) is 0.323. The lowest BCUT2D eigenvalue weighted by Crippen LogP contribution is -2.26. The van der Waals surface area contributed by atoms with E-state index in [0.29, 0.717) is 41.3 Å². The number of pyridine rings is 1. The highest BCUT2D eigenvalue weighted by Crippen LogP contribution is 2.36. The third-order valence-corrected chi connectivity index (χ3v) is 7.49. The van der Waals surface area contributed by atoms with Crippen molar-refractivity contribution in [1.29, 1.82) is 0 Å². The molecule has 0 amide bonds. The Kier molecular flexibility index (Phi) is 7.55. The summed E-state index contributed by atoms with van der Waals surface area (Å²) in [7, 11) is 0. The highest BCUT2D eigenvalue weighted by atomic mass is 19.1. The molecule has 8 heteroatoms. The van der Waals surface area contributed by atoms with E-state index in [0.717, 1.165) is 36.5 Å². The van der Waals surface area contributed by atoms with E-state index in [-0.39, 0.29) is 17.9 Å². The van der Waals surface area contributed by atoms with Crippen LogP contribution >= 0.6 is 0 Å². The SMILES string of the molecule is CCC(c1cc(F)cc(F)c1)n1c(CCC2CC2)nc(=O)c(Cc2ccc(-c3ccnc(F)c3C)cc2)c1O. The fourth-order valence-electron chi connectivity index (χ4n) is 5.16. The van der Waals surface area contributed by atoms with Crippen LogP contribution < -0.4 is 5.56 Å². The van der Waals surface area contributed by atoms with E-state index in [1.54, 1.807) is 17.6 Å². The lowest BCUT2D eigenvalue weighted by Gasteiger charge is -2.25. The molecular weight excluding hydrogens is 503 g/mol. The number of rotatable bonds is 9. The zero-order valence-electron chi connectivity index (χ0n) is 21.9. The van der Waals surface area contributed by atoms with Gasteiger partial charge in [-0.1, -0.05) is 44.0 Å². The Bertz CT molecular complexity index is 1540. The maximum Gasteiger partial charge on any atom is 0.280 e. The van der Waals surface area contributed by atoms with Crippen LogP contribution in [0.5, 0.6) is 5.88 Å². The average Bonchev–Trinajstić information content (AvgIpc) is 3.73. The number of hydrogen-bond acceptors (Lipinski definition) is 4. The first-order chi connectivity index (χ1) is 18.7. The van der Waals surface area contributed by atoms with Crippen molar-refractivity contribution in [3.05, 3.63) is 111 Å². The van der Waals surface area contributed by atoms with E-state index in [9.17, 15) is 23.1 Å². The third kappa shape index (κ3) is 5.75. The highest BCUT2D eigenvalue weighted by Gasteiger charge is 2.27. The van der Waals surface area contributed by atoms with Gasteiger partial charge in [-0.2, -0.15) is 9.37 Å². The molecule has 2 heterocycles. The van der Waals surface area contributed by atoms with Crippen LogP contribution in [0.25, 0.3) is 11.1 Å². The summed E-state index contributed by atoms with van der Waals surface area (Å²) in [4.78, 5) is 21.2. The lowest BCUT2D eigenvalue weighted by molar-refractivity contribution is 0.367. The Balaban J connectivity index is 1.53. The zero-order chi connectivity index (χ0) is 27.7. The van der Waals surface area contributed by atoms with Crippen molar-refractivity contribution >= 4 is 0 Å². The Morgan fingerprint density at radius 3 is 2.38 bits per heavy atom. The first-order valence-electron chi connectivity index (χ1n) is 13.2. The fourth-order valence-corrected chi connectivity index (χ4v) is 5.16. The summed E-state index contributed by atoms with van der Waals surface area (Å²) in [6.07, 6.45) is 5.52. The summed E-state index contributed by atoms with van der Waals surface area (Å²) < 4.78 is 43.8. The molecule has 0 bridgehead atoms. The maximum absolute atomic E-state index is 14.1. The molecule has 1 aliphatic rings. The second-order valence-electron chi connectivity index (χ2n) is 10.3. The van der Waals surface area contributed by atoms with Gasteiger partial charge in [0, 0.05) is 30.7 Å². The summed E-state index contributed by atoms with van der Waals surface area (Å²) in [5.41, 5.74) is 2.66. The maximum atomic E-state index is 14.1. The number of hydrogen-bond donors (Lipinski definition) is 1. The van der Waals surface area contributed by atoms with E-state index in [1.165, 1.54) is 18.3 Å². The van der Waals surface area contributed by atoms with Crippen molar-refractivity contribution in [1.82, 2.24) is 14.5 Å². The van der Waals surface area contributed by atoms with Gasteiger partial charge in [0.15, 0.2) is 0 Å². The molecule has 0 aliphatic heterocycles. The van der Waals surface area contributed by atoms with Crippen LogP contribution in [0, 0.1) is 30.4 Å². The van der Waals surface area contributed by atoms with Gasteiger partial charge in [-0.15, -0.1) is 0 Å². The summed E-state index contributed by atoms with van der Waals surface area (Å²) in [5.74, 6) is -1.20. The van der Waals surface area contributed by atoms with Crippen molar-refractivity contribution in [2.45, 2.75) is 58.4 Å². The van der Waals surface area contributed by atoms with Gasteiger partial charge in [0.05, 0.1) is 11.6 Å². The van der Waals surface area contributed by atoms with Crippen LogP contribution in [0.2, 0.25) is 0 Å². The van der Waals surface area contributed by atoms with Crippen LogP contribution in [-0.4, -0.2) is 19.6 Å². The quantitative estimate of drug-likeness (QED) is 0.244. The number of aromatic nitrogens is 3. The van der Waals surface area contributed by atoms with Gasteiger partial charge in [-0.3, -0.25) is 9.36 Å². The Morgan fingerprint density at radius 1 is 1.05 bits per heavy atom. The van der Waals surface area contributed by atoms with Gasteiger partial charge < -0.3 is 5.11 Å². The molecule has 1 N–H and O–H groups in total. The summed E-state index contributed by atoms with van der Waals surface area (Å²) in [5, 5.41) is 11.5. The van der Waals surface area contributed by atoms with Gasteiger partial charge in [0.1, 0.15) is 17.5 Å². The molecule has 1 fully saturated rings. The Morgan fingerprint density at radius 2 is 1.74 bits per heavy atom. The normalized spacial score (nSPS) is 14.0. The third-order valence-electron chi connectivity index (χ3n) is 7.49. The van der Waals surface area contributed by atoms with Crippen LogP contribution in [0.4, 0.5) is 13.2 Å². The monoisotopic (exact) mass is 533 g/mol. The summed E-state index contributed by atoms with van der Waals surface area (Å²) in [6.45, 7) is 3.52. The molecule has 1 unspecified atom stereocenters. The number of aromatic hydroxyl groups is 1. The molecule has 0 radical (unpaired) electrons. The van der Waals surface area contributed by atoms with E-state index in [1.807, 2.05) is 31.2 Å². The molecule has 5 nitrogen and oxygen atoms in total. The Labute approximate surface area is 225 Å². The average molecular weight is 534 g/mol. The van der Waals surface area contributed by atoms with Crippen molar-refractivity contribution in [2.75, 3.05) is 0 Å². The van der Waals surface area contributed by atoms with Gasteiger partial charge in [-0.05, 0) is 66.1 Å². The minimum Gasteiger partial charge on any atom is -0.494 e. The highest BCUT2D eigenvalue weighted by molar-refractivity contribution is 5.66. The predicted octanol–water partition coefficient (Wildman–Crippen LogP) is 6.67. The van der Waals surface area contributed by atoms with Gasteiger partial charge >= 0.3 is 0 Å². The van der Waals surface area contributed by atoms with Gasteiger partial charge in [-0.25, -0.2) is 13.8 Å². The van der Waals surface area contributed by atoms with Crippen molar-refractivity contribution in [2.24, 2.45) is 5.92 Å². The summed E-state index contributed by atoms with van der Waals surface area (Å²) >= 11 is 0. The first kappa shape index (κ1) is 26.7. The lowest BCUT2D eigenvalue weighted by atomic mass is 9.98. The largest absolute Gasteiger partial charge is 0.494 e. The van der Waals surface area contributed by atoms with Crippen LogP contribution in [0.15, 0.2) is 59.5 Å². The predicted molar refractivity (Wildman–Crippen MR) is 143 cm³/mol. The molecule has 0 spiro atoms.